The number of hydrogen-bond acceptors (Lipinski definition) is 1. The molecular weight excluding hydrogens is 186 g/mol. The first-order valence-corrected chi connectivity index (χ1v) is 5.58. The molecule has 0 radical (unpaired) electrons. The maximum Gasteiger partial charge on any atom is 0.131 e. The van der Waals surface area contributed by atoms with Gasteiger partial charge in [-0.3, -0.25) is 0 Å². The number of H-pyrrole nitrogens is 1. The molecule has 0 bridgehead atoms. The number of rotatable bonds is 0. The van der Waals surface area contributed by atoms with E-state index in [0.29, 0.717) is 0 Å². The minimum Gasteiger partial charge on any atom is -0.492 e. The third-order valence-corrected chi connectivity index (χ3v) is 2.59. The summed E-state index contributed by atoms with van der Waals surface area (Å²) in [7, 11) is 0. The van der Waals surface area contributed by atoms with Crippen molar-refractivity contribution < 1.29 is 4.74 Å². The van der Waals surface area contributed by atoms with Gasteiger partial charge in [0.2, 0.25) is 0 Å². The molecule has 1 aromatic carbocycles. The number of fused-ring (bicyclic) bond motifs is 3. The Morgan fingerprint density at radius 1 is 1.27 bits per heavy atom. The molecule has 1 N–H and O–H groups in total. The monoisotopic (exact) mass is 203 g/mol. The molecule has 0 unspecified atom stereocenters. The highest BCUT2D eigenvalue weighted by Crippen LogP contribution is 2.34. The number of benzene rings is 1. The zero-order valence-electron chi connectivity index (χ0n) is 9.55. The molecule has 0 saturated carbocycles. The molecule has 0 atom stereocenters. The lowest BCUT2D eigenvalue weighted by atomic mass is 10.1. The molecule has 2 aromatic rings. The Kier molecular flexibility index (Phi) is 2.67. The van der Waals surface area contributed by atoms with E-state index < -0.39 is 0 Å². The predicted molar refractivity (Wildman–Crippen MR) is 63.6 cm³/mol. The zero-order chi connectivity index (χ0) is 10.8. The molecule has 0 spiro atoms. The number of aromatic amines is 1. The van der Waals surface area contributed by atoms with E-state index in [0.717, 1.165) is 18.8 Å². The van der Waals surface area contributed by atoms with E-state index in [1.165, 1.54) is 22.2 Å². The molecule has 2 heterocycles. The van der Waals surface area contributed by atoms with Gasteiger partial charge in [0, 0.05) is 23.0 Å². The summed E-state index contributed by atoms with van der Waals surface area (Å²) in [5, 5.41) is 1.23. The third-order valence-electron chi connectivity index (χ3n) is 2.59. The second-order valence-electron chi connectivity index (χ2n) is 3.57. The van der Waals surface area contributed by atoms with Crippen LogP contribution in [0.4, 0.5) is 0 Å². The van der Waals surface area contributed by atoms with Crippen LogP contribution in [-0.2, 0) is 6.42 Å². The fraction of sp³-hybridized carbons (Fsp3) is 0.385. The van der Waals surface area contributed by atoms with Crippen molar-refractivity contribution in [2.75, 3.05) is 6.61 Å². The summed E-state index contributed by atoms with van der Waals surface area (Å²) in [6.07, 6.45) is 1.05. The van der Waals surface area contributed by atoms with E-state index in [2.05, 4.69) is 30.1 Å². The Labute approximate surface area is 90.3 Å². The van der Waals surface area contributed by atoms with Crippen molar-refractivity contribution in [2.45, 2.75) is 27.2 Å². The Morgan fingerprint density at radius 3 is 2.87 bits per heavy atom. The van der Waals surface area contributed by atoms with Gasteiger partial charge in [-0.15, -0.1) is 0 Å². The van der Waals surface area contributed by atoms with Gasteiger partial charge in [0.25, 0.3) is 0 Å². The summed E-state index contributed by atoms with van der Waals surface area (Å²) in [4.78, 5) is 3.31. The number of nitrogens with one attached hydrogen (secondary N) is 1. The minimum absolute atomic E-state index is 0.832. The van der Waals surface area contributed by atoms with E-state index in [-0.39, 0.29) is 0 Å². The average Bonchev–Trinajstić information content (AvgIpc) is 2.84. The van der Waals surface area contributed by atoms with E-state index in [1.807, 2.05) is 13.8 Å². The molecule has 0 fully saturated rings. The lowest BCUT2D eigenvalue weighted by molar-refractivity contribution is 0.360. The van der Waals surface area contributed by atoms with Crippen LogP contribution >= 0.6 is 0 Å². The largest absolute Gasteiger partial charge is 0.492 e. The van der Waals surface area contributed by atoms with Gasteiger partial charge >= 0.3 is 0 Å². The van der Waals surface area contributed by atoms with Crippen LogP contribution in [0.3, 0.4) is 0 Å². The molecule has 3 rings (SSSR count). The number of ether oxygens (including phenoxy) is 1. The quantitative estimate of drug-likeness (QED) is 0.697. The van der Waals surface area contributed by atoms with Crippen LogP contribution < -0.4 is 4.74 Å². The summed E-state index contributed by atoms with van der Waals surface area (Å²) in [5.74, 6) is 1.09. The molecule has 1 aromatic heterocycles. The molecule has 15 heavy (non-hydrogen) atoms. The maximum absolute atomic E-state index is 5.61. The second kappa shape index (κ2) is 3.97. The van der Waals surface area contributed by atoms with Crippen LogP contribution in [0.1, 0.15) is 25.1 Å². The van der Waals surface area contributed by atoms with Gasteiger partial charge in [-0.25, -0.2) is 0 Å². The van der Waals surface area contributed by atoms with Crippen LogP contribution in [-0.4, -0.2) is 11.6 Å². The molecular formula is C13H17NO. The van der Waals surface area contributed by atoms with Crippen molar-refractivity contribution in [3.63, 3.8) is 0 Å². The zero-order valence-corrected chi connectivity index (χ0v) is 9.55. The van der Waals surface area contributed by atoms with Crippen LogP contribution in [0.2, 0.25) is 0 Å². The maximum atomic E-state index is 5.61. The van der Waals surface area contributed by atoms with Gasteiger partial charge in [0.05, 0.1) is 6.61 Å². The van der Waals surface area contributed by atoms with Gasteiger partial charge < -0.3 is 9.72 Å². The summed E-state index contributed by atoms with van der Waals surface area (Å²) < 4.78 is 5.61. The van der Waals surface area contributed by atoms with Crippen molar-refractivity contribution in [2.24, 2.45) is 0 Å². The summed E-state index contributed by atoms with van der Waals surface area (Å²) in [6.45, 7) is 6.90. The average molecular weight is 203 g/mol. The first-order valence-electron chi connectivity index (χ1n) is 5.58. The summed E-state index contributed by atoms with van der Waals surface area (Å²) in [5.41, 5.74) is 3.71. The Balaban J connectivity index is 0.000000404. The van der Waals surface area contributed by atoms with E-state index in [9.17, 15) is 0 Å². The summed E-state index contributed by atoms with van der Waals surface area (Å²) >= 11 is 0. The lowest BCUT2D eigenvalue weighted by Gasteiger charge is -1.99. The SMILES string of the molecule is CC.Cc1cc2c3c(ccc2[nH]1)CCO3. The fourth-order valence-electron chi connectivity index (χ4n) is 1.99. The number of hydrogen-bond donors (Lipinski definition) is 1. The molecule has 2 heteroatoms. The Morgan fingerprint density at radius 2 is 2.07 bits per heavy atom. The van der Waals surface area contributed by atoms with Crippen LogP contribution in [0.15, 0.2) is 18.2 Å². The first-order chi connectivity index (χ1) is 7.34. The van der Waals surface area contributed by atoms with Crippen LogP contribution in [0.25, 0.3) is 10.9 Å². The fourth-order valence-corrected chi connectivity index (χ4v) is 1.99. The smallest absolute Gasteiger partial charge is 0.131 e. The Bertz CT molecular complexity index is 471. The standard InChI is InChI=1S/C11H11NO.C2H6/c1-7-6-9-10(12-7)3-2-8-4-5-13-11(8)9;1-2/h2-3,6,12H,4-5H2,1H3;1-2H3. The highest BCUT2D eigenvalue weighted by atomic mass is 16.5. The van der Waals surface area contributed by atoms with Crippen molar-refractivity contribution in [1.29, 1.82) is 0 Å². The summed E-state index contributed by atoms with van der Waals surface area (Å²) in [6, 6.07) is 6.44. The van der Waals surface area contributed by atoms with E-state index >= 15 is 0 Å². The van der Waals surface area contributed by atoms with Gasteiger partial charge in [-0.2, -0.15) is 0 Å². The topological polar surface area (TPSA) is 25.0 Å². The number of aryl methyl sites for hydroxylation is 1. The second-order valence-corrected chi connectivity index (χ2v) is 3.57. The molecule has 0 saturated heterocycles. The van der Waals surface area contributed by atoms with Crippen LogP contribution in [0, 0.1) is 6.92 Å². The molecule has 0 aliphatic carbocycles. The molecule has 1 aliphatic rings. The minimum atomic E-state index is 0.832. The molecule has 0 amide bonds. The molecule has 80 valence electrons. The predicted octanol–water partition coefficient (Wildman–Crippen LogP) is 3.44. The van der Waals surface area contributed by atoms with Gasteiger partial charge in [-0.05, 0) is 24.6 Å². The van der Waals surface area contributed by atoms with E-state index in [4.69, 9.17) is 4.74 Å². The lowest BCUT2D eigenvalue weighted by Crippen LogP contribution is -1.86. The van der Waals surface area contributed by atoms with Crippen molar-refractivity contribution >= 4 is 10.9 Å². The molecule has 2 nitrogen and oxygen atoms in total. The van der Waals surface area contributed by atoms with E-state index in [1.54, 1.807) is 0 Å². The van der Waals surface area contributed by atoms with Gasteiger partial charge in [0.15, 0.2) is 0 Å². The van der Waals surface area contributed by atoms with Crippen LogP contribution in [0.5, 0.6) is 5.75 Å². The van der Waals surface area contributed by atoms with Crippen molar-refractivity contribution in [1.82, 2.24) is 4.98 Å². The van der Waals surface area contributed by atoms with Crippen molar-refractivity contribution in [3.05, 3.63) is 29.5 Å². The van der Waals surface area contributed by atoms with Crippen molar-refractivity contribution in [3.8, 4) is 5.75 Å². The van der Waals surface area contributed by atoms with Gasteiger partial charge in [0.1, 0.15) is 5.75 Å². The Hall–Kier alpha value is -1.44. The first kappa shape index (κ1) is 10.1. The van der Waals surface area contributed by atoms with Gasteiger partial charge in [-0.1, -0.05) is 19.9 Å². The number of aromatic nitrogens is 1. The normalized spacial score (nSPS) is 13.0. The highest BCUT2D eigenvalue weighted by molar-refractivity contribution is 5.88. The molecule has 1 aliphatic heterocycles. The third kappa shape index (κ3) is 1.60. The highest BCUT2D eigenvalue weighted by Gasteiger charge is 2.15.